The van der Waals surface area contributed by atoms with E-state index in [-0.39, 0.29) is 6.42 Å². The first-order valence-corrected chi connectivity index (χ1v) is 8.02. The fraction of sp³-hybridized carbons (Fsp3) is 0.105. The van der Waals surface area contributed by atoms with E-state index in [0.717, 1.165) is 0 Å². The van der Waals surface area contributed by atoms with Crippen LogP contribution in [0.15, 0.2) is 66.4 Å². The predicted molar refractivity (Wildman–Crippen MR) is 96.6 cm³/mol. The van der Waals surface area contributed by atoms with Crippen LogP contribution in [0.25, 0.3) is 11.3 Å². The summed E-state index contributed by atoms with van der Waals surface area (Å²) in [4.78, 5) is 27.9. The minimum absolute atomic E-state index is 0.250. The van der Waals surface area contributed by atoms with E-state index in [1.54, 1.807) is 30.5 Å². The molecule has 1 aromatic heterocycles. The van der Waals surface area contributed by atoms with Crippen molar-refractivity contribution in [3.63, 3.8) is 0 Å². The molecule has 1 heterocycles. The Balaban J connectivity index is 2.10. The Morgan fingerprint density at radius 1 is 1.16 bits per heavy atom. The van der Waals surface area contributed by atoms with Crippen molar-refractivity contribution in [2.75, 3.05) is 0 Å². The van der Waals surface area contributed by atoms with E-state index in [1.165, 1.54) is 6.08 Å². The van der Waals surface area contributed by atoms with E-state index in [2.05, 4.69) is 4.98 Å². The Labute approximate surface area is 150 Å². The van der Waals surface area contributed by atoms with Gasteiger partial charge in [0.25, 0.3) is 0 Å². The number of carbonyl (C=O) groups excluding carboxylic acids is 2. The van der Waals surface area contributed by atoms with Gasteiger partial charge in [-0.15, -0.1) is 0 Å². The molecule has 3 rings (SSSR count). The third kappa shape index (κ3) is 3.06. The molecule has 0 fully saturated rings. The number of pyridine rings is 1. The van der Waals surface area contributed by atoms with Crippen molar-refractivity contribution in [2.24, 2.45) is 11.5 Å². The van der Waals surface area contributed by atoms with Crippen LogP contribution in [0.2, 0.25) is 5.02 Å². The zero-order valence-electron chi connectivity index (χ0n) is 13.3. The molecule has 0 bridgehead atoms. The van der Waals surface area contributed by atoms with E-state index >= 15 is 0 Å². The number of allylic oxidation sites excluding steroid dienone is 1. The number of amides is 2. The highest BCUT2D eigenvalue weighted by molar-refractivity contribution is 6.33. The number of halogens is 1. The number of benzene rings is 1. The number of primary amides is 2. The first-order chi connectivity index (χ1) is 11.9. The van der Waals surface area contributed by atoms with Gasteiger partial charge in [0.2, 0.25) is 11.8 Å². The summed E-state index contributed by atoms with van der Waals surface area (Å²) < 4.78 is 0. The summed E-state index contributed by atoms with van der Waals surface area (Å²) in [7, 11) is 0. The van der Waals surface area contributed by atoms with Crippen molar-refractivity contribution >= 4 is 23.4 Å². The van der Waals surface area contributed by atoms with Gasteiger partial charge in [0.15, 0.2) is 0 Å². The van der Waals surface area contributed by atoms with Crippen molar-refractivity contribution in [1.29, 1.82) is 0 Å². The van der Waals surface area contributed by atoms with Gasteiger partial charge >= 0.3 is 0 Å². The SMILES string of the molecule is NC(=O)C1=CCC(C(N)=O)(c2ccc(Cl)c(-c3ccccn3)c2)C=C1. The molecule has 4 N–H and O–H groups in total. The second-order valence-corrected chi connectivity index (χ2v) is 6.21. The Bertz CT molecular complexity index is 906. The van der Waals surface area contributed by atoms with E-state index in [4.69, 9.17) is 23.1 Å². The average molecular weight is 354 g/mol. The summed E-state index contributed by atoms with van der Waals surface area (Å²) in [5.41, 5.74) is 12.4. The topological polar surface area (TPSA) is 99.1 Å². The number of nitrogens with two attached hydrogens (primary N) is 2. The molecule has 0 saturated carbocycles. The van der Waals surface area contributed by atoms with E-state index in [9.17, 15) is 9.59 Å². The van der Waals surface area contributed by atoms with E-state index in [1.807, 2.05) is 24.3 Å². The lowest BCUT2D eigenvalue weighted by Gasteiger charge is -2.30. The number of hydrogen-bond donors (Lipinski definition) is 2. The molecule has 126 valence electrons. The highest BCUT2D eigenvalue weighted by Crippen LogP contribution is 2.38. The van der Waals surface area contributed by atoms with Crippen molar-refractivity contribution < 1.29 is 9.59 Å². The molecule has 1 unspecified atom stereocenters. The zero-order chi connectivity index (χ0) is 18.0. The molecule has 1 aliphatic carbocycles. The summed E-state index contributed by atoms with van der Waals surface area (Å²) in [5.74, 6) is -1.06. The molecule has 0 spiro atoms. The number of aromatic nitrogens is 1. The minimum atomic E-state index is -1.06. The van der Waals surface area contributed by atoms with Crippen LogP contribution in [-0.4, -0.2) is 16.8 Å². The predicted octanol–water partition coefficient (Wildman–Crippen LogP) is 2.50. The maximum atomic E-state index is 12.3. The lowest BCUT2D eigenvalue weighted by Crippen LogP contribution is -2.40. The smallest absolute Gasteiger partial charge is 0.248 e. The molecular formula is C19H16ClN3O2. The Morgan fingerprint density at radius 3 is 2.52 bits per heavy atom. The standard InChI is InChI=1S/C19H16ClN3O2/c20-15-5-4-13(11-14(15)16-3-1-2-10-23-16)19(18(22)25)8-6-12(7-9-19)17(21)24/h1-8,10-11H,9H2,(H2,21,24)(H2,22,25). The largest absolute Gasteiger partial charge is 0.369 e. The lowest BCUT2D eigenvalue weighted by molar-refractivity contribution is -0.122. The van der Waals surface area contributed by atoms with E-state index < -0.39 is 17.2 Å². The van der Waals surface area contributed by atoms with Crippen molar-refractivity contribution in [3.05, 3.63) is 77.0 Å². The summed E-state index contributed by atoms with van der Waals surface area (Å²) in [6, 6.07) is 10.8. The van der Waals surface area contributed by atoms with Gasteiger partial charge in [-0.05, 0) is 36.2 Å². The minimum Gasteiger partial charge on any atom is -0.369 e. The van der Waals surface area contributed by atoms with Crippen LogP contribution in [0.1, 0.15) is 12.0 Å². The zero-order valence-corrected chi connectivity index (χ0v) is 14.0. The van der Waals surface area contributed by atoms with Gasteiger partial charge in [-0.2, -0.15) is 0 Å². The molecule has 25 heavy (non-hydrogen) atoms. The number of hydrogen-bond acceptors (Lipinski definition) is 3. The number of carbonyl (C=O) groups is 2. The molecule has 0 saturated heterocycles. The van der Waals surface area contributed by atoms with Gasteiger partial charge in [-0.25, -0.2) is 0 Å². The number of nitrogens with zero attached hydrogens (tertiary/aromatic N) is 1. The first kappa shape index (κ1) is 16.9. The van der Waals surface area contributed by atoms with Gasteiger partial charge in [-0.1, -0.05) is 42.0 Å². The Kier molecular flexibility index (Phi) is 4.42. The van der Waals surface area contributed by atoms with E-state index in [0.29, 0.717) is 27.4 Å². The second-order valence-electron chi connectivity index (χ2n) is 5.81. The number of rotatable bonds is 4. The average Bonchev–Trinajstić information content (AvgIpc) is 2.62. The Hall–Kier alpha value is -2.92. The molecular weight excluding hydrogens is 338 g/mol. The van der Waals surface area contributed by atoms with Gasteiger partial charge in [0.1, 0.15) is 0 Å². The van der Waals surface area contributed by atoms with Crippen molar-refractivity contribution in [3.8, 4) is 11.3 Å². The molecule has 1 atom stereocenters. The highest BCUT2D eigenvalue weighted by Gasteiger charge is 2.37. The van der Waals surface area contributed by atoms with Crippen LogP contribution >= 0.6 is 11.6 Å². The van der Waals surface area contributed by atoms with Crippen molar-refractivity contribution in [1.82, 2.24) is 4.98 Å². The third-order valence-electron chi connectivity index (χ3n) is 4.34. The summed E-state index contributed by atoms with van der Waals surface area (Å²) in [6.45, 7) is 0. The van der Waals surface area contributed by atoms with Crippen LogP contribution in [0, 0.1) is 0 Å². The molecule has 2 aromatic rings. The van der Waals surface area contributed by atoms with Crippen LogP contribution in [-0.2, 0) is 15.0 Å². The Morgan fingerprint density at radius 2 is 1.96 bits per heavy atom. The fourth-order valence-corrected chi connectivity index (χ4v) is 3.10. The van der Waals surface area contributed by atoms with Crippen LogP contribution in [0.5, 0.6) is 0 Å². The molecule has 2 amide bonds. The van der Waals surface area contributed by atoms with Gasteiger partial charge in [0, 0.05) is 22.4 Å². The highest BCUT2D eigenvalue weighted by atomic mass is 35.5. The quantitative estimate of drug-likeness (QED) is 0.883. The summed E-state index contributed by atoms with van der Waals surface area (Å²) in [5, 5.41) is 0.523. The maximum Gasteiger partial charge on any atom is 0.248 e. The van der Waals surface area contributed by atoms with Crippen LogP contribution in [0.4, 0.5) is 0 Å². The summed E-state index contributed by atoms with van der Waals surface area (Å²) >= 11 is 6.31. The second kappa shape index (κ2) is 6.53. The molecule has 5 nitrogen and oxygen atoms in total. The van der Waals surface area contributed by atoms with Crippen molar-refractivity contribution in [2.45, 2.75) is 11.8 Å². The molecule has 0 aliphatic heterocycles. The first-order valence-electron chi connectivity index (χ1n) is 7.64. The molecule has 0 radical (unpaired) electrons. The fourth-order valence-electron chi connectivity index (χ4n) is 2.88. The maximum absolute atomic E-state index is 12.3. The summed E-state index contributed by atoms with van der Waals surface area (Å²) in [6.07, 6.45) is 6.71. The van der Waals surface area contributed by atoms with Gasteiger partial charge < -0.3 is 11.5 Å². The normalized spacial score (nSPS) is 19.3. The molecule has 1 aromatic carbocycles. The lowest BCUT2D eigenvalue weighted by atomic mass is 9.73. The van der Waals surface area contributed by atoms with Gasteiger partial charge in [0.05, 0.1) is 11.1 Å². The third-order valence-corrected chi connectivity index (χ3v) is 4.67. The molecule has 1 aliphatic rings. The van der Waals surface area contributed by atoms with Gasteiger partial charge in [-0.3, -0.25) is 14.6 Å². The van der Waals surface area contributed by atoms with Crippen LogP contribution < -0.4 is 11.5 Å². The molecule has 6 heteroatoms. The van der Waals surface area contributed by atoms with Crippen LogP contribution in [0.3, 0.4) is 0 Å². The monoisotopic (exact) mass is 353 g/mol.